The van der Waals surface area contributed by atoms with E-state index in [0.29, 0.717) is 5.92 Å². The molecule has 16 heavy (non-hydrogen) atoms. The van der Waals surface area contributed by atoms with Gasteiger partial charge in [0.1, 0.15) is 0 Å². The lowest BCUT2D eigenvalue weighted by Crippen LogP contribution is -2.45. The van der Waals surface area contributed by atoms with Crippen LogP contribution in [0.4, 0.5) is 0 Å². The Balaban J connectivity index is 2.36. The van der Waals surface area contributed by atoms with Crippen LogP contribution in [0.5, 0.6) is 0 Å². The van der Waals surface area contributed by atoms with Crippen LogP contribution in [0.1, 0.15) is 39.0 Å². The van der Waals surface area contributed by atoms with E-state index in [2.05, 4.69) is 10.5 Å². The minimum atomic E-state index is -0.203. The lowest BCUT2D eigenvalue weighted by Gasteiger charge is -2.29. The molecule has 0 aromatic carbocycles. The van der Waals surface area contributed by atoms with Gasteiger partial charge in [-0.05, 0) is 25.2 Å². The number of nitrogens with one attached hydrogen (secondary N) is 1. The molecule has 0 radical (unpaired) electrons. The van der Waals surface area contributed by atoms with Crippen LogP contribution >= 0.6 is 0 Å². The summed E-state index contributed by atoms with van der Waals surface area (Å²) in [5.41, 5.74) is 5.55. The average Bonchev–Trinajstić information content (AvgIpc) is 2.31. The summed E-state index contributed by atoms with van der Waals surface area (Å²) >= 11 is 0. The molecule has 1 rings (SSSR count). The second-order valence-corrected chi connectivity index (χ2v) is 4.51. The Morgan fingerprint density at radius 2 is 2.19 bits per heavy atom. The Bertz CT molecular complexity index is 233. The smallest absolute Gasteiger partial charge is 0.156 e. The van der Waals surface area contributed by atoms with Crippen molar-refractivity contribution in [2.45, 2.75) is 51.2 Å². The molecule has 0 spiro atoms. The van der Waals surface area contributed by atoms with Crippen molar-refractivity contribution in [1.82, 2.24) is 5.32 Å². The van der Waals surface area contributed by atoms with Crippen LogP contribution < -0.4 is 11.1 Å². The Morgan fingerprint density at radius 3 is 2.75 bits per heavy atom. The van der Waals surface area contributed by atoms with E-state index < -0.39 is 0 Å². The number of rotatable bonds is 5. The lowest BCUT2D eigenvalue weighted by atomic mass is 9.86. The minimum Gasteiger partial charge on any atom is -0.409 e. The van der Waals surface area contributed by atoms with Crippen molar-refractivity contribution >= 4 is 5.84 Å². The second-order valence-electron chi connectivity index (χ2n) is 4.51. The van der Waals surface area contributed by atoms with E-state index in [1.807, 2.05) is 6.92 Å². The molecule has 0 aromatic heterocycles. The highest BCUT2D eigenvalue weighted by Crippen LogP contribution is 2.23. The Labute approximate surface area is 96.7 Å². The summed E-state index contributed by atoms with van der Waals surface area (Å²) in [7, 11) is 0. The van der Waals surface area contributed by atoms with Crippen molar-refractivity contribution in [1.29, 1.82) is 0 Å². The molecule has 5 N–H and O–H groups in total. The maximum Gasteiger partial charge on any atom is 0.156 e. The number of hydrogen-bond acceptors (Lipinski definition) is 4. The lowest BCUT2D eigenvalue weighted by molar-refractivity contribution is 0.0690. The van der Waals surface area contributed by atoms with E-state index in [0.717, 1.165) is 32.2 Å². The molecule has 1 aliphatic carbocycles. The van der Waals surface area contributed by atoms with Crippen LogP contribution in [0.25, 0.3) is 0 Å². The average molecular weight is 229 g/mol. The zero-order valence-corrected chi connectivity index (χ0v) is 9.89. The summed E-state index contributed by atoms with van der Waals surface area (Å²) in [5.74, 6) is 0.516. The summed E-state index contributed by atoms with van der Waals surface area (Å²) in [6, 6.07) is -0.0980. The molecule has 0 aliphatic heterocycles. The largest absolute Gasteiger partial charge is 0.409 e. The summed E-state index contributed by atoms with van der Waals surface area (Å²) in [6.45, 7) is 2.71. The van der Waals surface area contributed by atoms with E-state index in [-0.39, 0.29) is 18.0 Å². The first-order chi connectivity index (χ1) is 7.69. The highest BCUT2D eigenvalue weighted by atomic mass is 16.4. The Morgan fingerprint density at radius 1 is 1.50 bits per heavy atom. The van der Waals surface area contributed by atoms with E-state index in [4.69, 9.17) is 10.9 Å². The fraction of sp³-hybridized carbons (Fsp3) is 0.909. The maximum atomic E-state index is 9.80. The van der Waals surface area contributed by atoms with Gasteiger partial charge in [-0.1, -0.05) is 24.9 Å². The van der Waals surface area contributed by atoms with Crippen LogP contribution in [0, 0.1) is 5.92 Å². The van der Waals surface area contributed by atoms with Crippen molar-refractivity contribution in [3.05, 3.63) is 0 Å². The second kappa shape index (κ2) is 6.70. The van der Waals surface area contributed by atoms with Gasteiger partial charge in [0, 0.05) is 6.54 Å². The standard InChI is InChI=1S/C11H23N3O2/c1-2-9(11(12)14-16)13-7-8-5-3-4-6-10(8)15/h8-10,13,15-16H,2-7H2,1H3,(H2,12,14). The summed E-state index contributed by atoms with van der Waals surface area (Å²) < 4.78 is 0. The molecule has 5 heteroatoms. The molecule has 94 valence electrons. The molecule has 3 atom stereocenters. The van der Waals surface area contributed by atoms with Crippen molar-refractivity contribution < 1.29 is 10.3 Å². The van der Waals surface area contributed by atoms with Gasteiger partial charge in [0.05, 0.1) is 12.1 Å². The van der Waals surface area contributed by atoms with Crippen molar-refractivity contribution in [2.24, 2.45) is 16.8 Å². The third kappa shape index (κ3) is 3.64. The molecule has 1 aliphatic rings. The van der Waals surface area contributed by atoms with Crippen molar-refractivity contribution in [3.63, 3.8) is 0 Å². The predicted molar refractivity (Wildman–Crippen MR) is 63.5 cm³/mol. The molecular weight excluding hydrogens is 206 g/mol. The van der Waals surface area contributed by atoms with Gasteiger partial charge in [-0.3, -0.25) is 0 Å². The molecular formula is C11H23N3O2. The number of hydrogen-bond donors (Lipinski definition) is 4. The van der Waals surface area contributed by atoms with Gasteiger partial charge < -0.3 is 21.4 Å². The maximum absolute atomic E-state index is 9.80. The van der Waals surface area contributed by atoms with Crippen molar-refractivity contribution in [2.75, 3.05) is 6.54 Å². The fourth-order valence-electron chi connectivity index (χ4n) is 2.25. The molecule has 0 aromatic rings. The summed E-state index contributed by atoms with van der Waals surface area (Å²) in [4.78, 5) is 0. The number of nitrogens with two attached hydrogens (primary N) is 1. The SMILES string of the molecule is CCC(NCC1CCCCC1O)C(N)=NO. The number of amidine groups is 1. The zero-order valence-electron chi connectivity index (χ0n) is 9.89. The first-order valence-electron chi connectivity index (χ1n) is 6.07. The molecule has 0 amide bonds. The first kappa shape index (κ1) is 13.3. The molecule has 1 saturated carbocycles. The number of aliphatic hydroxyl groups excluding tert-OH is 1. The third-order valence-electron chi connectivity index (χ3n) is 3.38. The van der Waals surface area contributed by atoms with Gasteiger partial charge in [-0.15, -0.1) is 0 Å². The Hall–Kier alpha value is -0.810. The summed E-state index contributed by atoms with van der Waals surface area (Å²) in [5, 5.41) is 24.7. The van der Waals surface area contributed by atoms with E-state index in [9.17, 15) is 5.11 Å². The van der Waals surface area contributed by atoms with E-state index >= 15 is 0 Å². The van der Waals surface area contributed by atoms with E-state index in [1.54, 1.807) is 0 Å². The number of oxime groups is 1. The van der Waals surface area contributed by atoms with Gasteiger partial charge >= 0.3 is 0 Å². The molecule has 3 unspecified atom stereocenters. The van der Waals surface area contributed by atoms with Gasteiger partial charge in [-0.2, -0.15) is 0 Å². The van der Waals surface area contributed by atoms with Gasteiger partial charge in [0.2, 0.25) is 0 Å². The van der Waals surface area contributed by atoms with Crippen LogP contribution in [-0.2, 0) is 0 Å². The van der Waals surface area contributed by atoms with Gasteiger partial charge in [0.15, 0.2) is 5.84 Å². The highest BCUT2D eigenvalue weighted by Gasteiger charge is 2.23. The van der Waals surface area contributed by atoms with E-state index in [1.165, 1.54) is 6.42 Å². The third-order valence-corrected chi connectivity index (χ3v) is 3.38. The number of nitrogens with zero attached hydrogens (tertiary/aromatic N) is 1. The van der Waals surface area contributed by atoms with Gasteiger partial charge in [-0.25, -0.2) is 0 Å². The van der Waals surface area contributed by atoms with Gasteiger partial charge in [0.25, 0.3) is 0 Å². The highest BCUT2D eigenvalue weighted by molar-refractivity contribution is 5.85. The topological polar surface area (TPSA) is 90.9 Å². The molecule has 5 nitrogen and oxygen atoms in total. The number of aliphatic hydroxyl groups is 1. The van der Waals surface area contributed by atoms with Crippen molar-refractivity contribution in [3.8, 4) is 0 Å². The minimum absolute atomic E-state index is 0.0980. The normalized spacial score (nSPS) is 29.0. The Kier molecular flexibility index (Phi) is 5.55. The van der Waals surface area contributed by atoms with Crippen LogP contribution in [0.15, 0.2) is 5.16 Å². The fourth-order valence-corrected chi connectivity index (χ4v) is 2.25. The van der Waals surface area contributed by atoms with Crippen LogP contribution in [-0.4, -0.2) is 34.8 Å². The predicted octanol–water partition coefficient (Wildman–Crippen LogP) is 0.652. The molecule has 0 saturated heterocycles. The monoisotopic (exact) mass is 229 g/mol. The quantitative estimate of drug-likeness (QED) is 0.241. The zero-order chi connectivity index (χ0) is 12.0. The molecule has 1 fully saturated rings. The first-order valence-corrected chi connectivity index (χ1v) is 6.07. The summed E-state index contributed by atoms with van der Waals surface area (Å²) in [6.07, 6.45) is 4.83. The molecule has 0 heterocycles. The van der Waals surface area contributed by atoms with Crippen LogP contribution in [0.2, 0.25) is 0 Å². The van der Waals surface area contributed by atoms with Crippen LogP contribution in [0.3, 0.4) is 0 Å². The molecule has 0 bridgehead atoms.